The lowest BCUT2D eigenvalue weighted by Gasteiger charge is -2.13. The molecule has 0 bridgehead atoms. The molecule has 4 nitrogen and oxygen atoms in total. The maximum Gasteiger partial charge on any atom is 0.320 e. The zero-order valence-corrected chi connectivity index (χ0v) is 10.9. The number of carboxylic acids is 1. The van der Waals surface area contributed by atoms with E-state index in [2.05, 4.69) is 25.8 Å². The van der Waals surface area contributed by atoms with E-state index < -0.39 is 12.0 Å². The van der Waals surface area contributed by atoms with Crippen LogP contribution in [0.3, 0.4) is 0 Å². The van der Waals surface area contributed by atoms with Crippen molar-refractivity contribution in [2.75, 3.05) is 0 Å². The topological polar surface area (TPSA) is 76.2 Å². The van der Waals surface area contributed by atoms with Crippen molar-refractivity contribution in [1.29, 1.82) is 0 Å². The standard InChI is InChI=1S/C11H18N2O2S/c1-6-8(5-7(12)9(14)15)16-10(13-6)11(2,3)4/h7H,5,12H2,1-4H3,(H,14,15). The normalized spacial score (nSPS) is 13.8. The fourth-order valence-corrected chi connectivity index (χ4v) is 2.40. The summed E-state index contributed by atoms with van der Waals surface area (Å²) in [6, 6.07) is -0.841. The van der Waals surface area contributed by atoms with Crippen LogP contribution in [-0.4, -0.2) is 22.1 Å². The molecule has 5 heteroatoms. The molecule has 90 valence electrons. The smallest absolute Gasteiger partial charge is 0.320 e. The van der Waals surface area contributed by atoms with E-state index in [9.17, 15) is 4.79 Å². The Morgan fingerprint density at radius 2 is 2.12 bits per heavy atom. The van der Waals surface area contributed by atoms with Crippen LogP contribution in [0, 0.1) is 6.92 Å². The van der Waals surface area contributed by atoms with E-state index in [1.807, 2.05) is 6.92 Å². The maximum absolute atomic E-state index is 10.7. The van der Waals surface area contributed by atoms with Crippen molar-refractivity contribution in [2.45, 2.75) is 45.6 Å². The van der Waals surface area contributed by atoms with Crippen molar-refractivity contribution in [2.24, 2.45) is 5.73 Å². The molecular formula is C11H18N2O2S. The Morgan fingerprint density at radius 3 is 2.50 bits per heavy atom. The average Bonchev–Trinajstić information content (AvgIpc) is 2.47. The number of rotatable bonds is 3. The molecule has 1 atom stereocenters. The molecule has 1 unspecified atom stereocenters. The third kappa shape index (κ3) is 3.02. The summed E-state index contributed by atoms with van der Waals surface area (Å²) in [6.45, 7) is 8.17. The number of nitrogens with zero attached hydrogens (tertiary/aromatic N) is 1. The number of hydrogen-bond acceptors (Lipinski definition) is 4. The molecule has 0 aromatic carbocycles. The number of nitrogens with two attached hydrogens (primary N) is 1. The Hall–Kier alpha value is -0.940. The van der Waals surface area contributed by atoms with Crippen LogP contribution < -0.4 is 5.73 Å². The summed E-state index contributed by atoms with van der Waals surface area (Å²) in [5.41, 5.74) is 6.41. The lowest BCUT2D eigenvalue weighted by Crippen LogP contribution is -2.32. The molecule has 0 aliphatic carbocycles. The van der Waals surface area contributed by atoms with E-state index in [1.54, 1.807) is 11.3 Å². The number of aliphatic carboxylic acids is 1. The van der Waals surface area contributed by atoms with Crippen molar-refractivity contribution in [1.82, 2.24) is 4.98 Å². The van der Waals surface area contributed by atoms with Gasteiger partial charge in [-0.15, -0.1) is 11.3 Å². The highest BCUT2D eigenvalue weighted by atomic mass is 32.1. The molecule has 0 aliphatic heterocycles. The van der Waals surface area contributed by atoms with Crippen LogP contribution in [0.5, 0.6) is 0 Å². The van der Waals surface area contributed by atoms with E-state index in [1.165, 1.54) is 0 Å². The zero-order chi connectivity index (χ0) is 12.5. The first-order chi connectivity index (χ1) is 7.21. The molecule has 1 aromatic heterocycles. The van der Waals surface area contributed by atoms with Crippen molar-refractivity contribution >= 4 is 17.3 Å². The number of carboxylic acid groups (broad SMARTS) is 1. The van der Waals surface area contributed by atoms with Crippen LogP contribution in [0.15, 0.2) is 0 Å². The van der Waals surface area contributed by atoms with Gasteiger partial charge in [0.15, 0.2) is 0 Å². The molecule has 0 aliphatic rings. The predicted octanol–water partition coefficient (Wildman–Crippen LogP) is 1.70. The van der Waals surface area contributed by atoms with Gasteiger partial charge in [0, 0.05) is 16.7 Å². The highest BCUT2D eigenvalue weighted by molar-refractivity contribution is 7.11. The van der Waals surface area contributed by atoms with Crippen LogP contribution in [0.2, 0.25) is 0 Å². The summed E-state index contributed by atoms with van der Waals surface area (Å²) in [6.07, 6.45) is 0.356. The summed E-state index contributed by atoms with van der Waals surface area (Å²) in [5.74, 6) is -0.967. The Labute approximate surface area is 99.5 Å². The molecule has 16 heavy (non-hydrogen) atoms. The van der Waals surface area contributed by atoms with Crippen molar-refractivity contribution in [3.63, 3.8) is 0 Å². The zero-order valence-electron chi connectivity index (χ0n) is 10.1. The monoisotopic (exact) mass is 242 g/mol. The van der Waals surface area contributed by atoms with Crippen molar-refractivity contribution in [3.05, 3.63) is 15.6 Å². The molecule has 1 aromatic rings. The van der Waals surface area contributed by atoms with Gasteiger partial charge >= 0.3 is 5.97 Å². The third-order valence-corrected chi connectivity index (χ3v) is 3.86. The second-order valence-corrected chi connectivity index (χ2v) is 6.01. The first kappa shape index (κ1) is 13.1. The highest BCUT2D eigenvalue weighted by Crippen LogP contribution is 2.29. The number of carbonyl (C=O) groups is 1. The summed E-state index contributed by atoms with van der Waals surface area (Å²) >= 11 is 1.56. The minimum Gasteiger partial charge on any atom is -0.480 e. The largest absolute Gasteiger partial charge is 0.480 e. The van der Waals surface area contributed by atoms with Crippen LogP contribution in [0.1, 0.15) is 36.3 Å². The SMILES string of the molecule is Cc1nc(C(C)(C)C)sc1CC(N)C(=O)O. The molecule has 0 amide bonds. The van der Waals surface area contributed by atoms with Gasteiger partial charge in [0.1, 0.15) is 6.04 Å². The second-order valence-electron chi connectivity index (χ2n) is 4.93. The number of hydrogen-bond donors (Lipinski definition) is 2. The second kappa shape index (κ2) is 4.51. The van der Waals surface area contributed by atoms with Gasteiger partial charge in [-0.05, 0) is 6.92 Å². The van der Waals surface area contributed by atoms with E-state index in [4.69, 9.17) is 10.8 Å². The van der Waals surface area contributed by atoms with Crippen LogP contribution >= 0.6 is 11.3 Å². The summed E-state index contributed by atoms with van der Waals surface area (Å²) in [4.78, 5) is 16.1. The predicted molar refractivity (Wildman–Crippen MR) is 64.9 cm³/mol. The van der Waals surface area contributed by atoms with E-state index in [-0.39, 0.29) is 5.41 Å². The molecule has 0 radical (unpaired) electrons. The van der Waals surface area contributed by atoms with Gasteiger partial charge in [0.2, 0.25) is 0 Å². The van der Waals surface area contributed by atoms with Gasteiger partial charge < -0.3 is 10.8 Å². The fraction of sp³-hybridized carbons (Fsp3) is 0.636. The molecule has 0 spiro atoms. The number of aryl methyl sites for hydroxylation is 1. The van der Waals surface area contributed by atoms with Gasteiger partial charge in [-0.25, -0.2) is 4.98 Å². The lowest BCUT2D eigenvalue weighted by atomic mass is 9.98. The van der Waals surface area contributed by atoms with Gasteiger partial charge in [-0.2, -0.15) is 0 Å². The molecule has 1 heterocycles. The molecular weight excluding hydrogens is 224 g/mol. The van der Waals surface area contributed by atoms with Crippen molar-refractivity contribution in [3.8, 4) is 0 Å². The number of thiazole rings is 1. The quantitative estimate of drug-likeness (QED) is 0.846. The van der Waals surface area contributed by atoms with Crippen molar-refractivity contribution < 1.29 is 9.90 Å². The molecule has 0 fully saturated rings. The summed E-state index contributed by atoms with van der Waals surface area (Å²) < 4.78 is 0. The minimum absolute atomic E-state index is 0.000988. The van der Waals surface area contributed by atoms with E-state index in [0.29, 0.717) is 6.42 Å². The van der Waals surface area contributed by atoms with E-state index >= 15 is 0 Å². The first-order valence-corrected chi connectivity index (χ1v) is 5.98. The lowest BCUT2D eigenvalue weighted by molar-refractivity contribution is -0.138. The maximum atomic E-state index is 10.7. The Bertz CT molecular complexity index is 393. The molecule has 1 rings (SSSR count). The Balaban J connectivity index is 2.91. The fourth-order valence-electron chi connectivity index (χ4n) is 1.23. The minimum atomic E-state index is -0.967. The molecule has 0 saturated heterocycles. The average molecular weight is 242 g/mol. The Morgan fingerprint density at radius 1 is 1.56 bits per heavy atom. The molecule has 3 N–H and O–H groups in total. The summed E-state index contributed by atoms with van der Waals surface area (Å²) in [7, 11) is 0. The van der Waals surface area contributed by atoms with Gasteiger partial charge in [0.25, 0.3) is 0 Å². The van der Waals surface area contributed by atoms with Gasteiger partial charge in [-0.3, -0.25) is 4.79 Å². The highest BCUT2D eigenvalue weighted by Gasteiger charge is 2.22. The van der Waals surface area contributed by atoms with E-state index in [0.717, 1.165) is 15.6 Å². The Kier molecular flexibility index (Phi) is 3.70. The van der Waals surface area contributed by atoms with Crippen LogP contribution in [-0.2, 0) is 16.6 Å². The first-order valence-electron chi connectivity index (χ1n) is 5.17. The third-order valence-electron chi connectivity index (χ3n) is 2.26. The van der Waals surface area contributed by atoms with Gasteiger partial charge in [0.05, 0.1) is 10.7 Å². The van der Waals surface area contributed by atoms with Crippen LogP contribution in [0.25, 0.3) is 0 Å². The van der Waals surface area contributed by atoms with Gasteiger partial charge in [-0.1, -0.05) is 20.8 Å². The van der Waals surface area contributed by atoms with Crippen LogP contribution in [0.4, 0.5) is 0 Å². The summed E-state index contributed by atoms with van der Waals surface area (Å²) in [5, 5.41) is 9.79. The molecule has 0 saturated carbocycles. The number of aromatic nitrogens is 1.